The summed E-state index contributed by atoms with van der Waals surface area (Å²) < 4.78 is 0. The molecule has 1 aromatic rings. The molecule has 5 heteroatoms. The summed E-state index contributed by atoms with van der Waals surface area (Å²) in [6, 6.07) is 5.21. The molecule has 5 nitrogen and oxygen atoms in total. The molecule has 0 saturated heterocycles. The molecule has 20 heavy (non-hydrogen) atoms. The van der Waals surface area contributed by atoms with Gasteiger partial charge in [-0.2, -0.15) is 0 Å². The van der Waals surface area contributed by atoms with E-state index in [4.69, 9.17) is 9.78 Å². The molecule has 0 unspecified atom stereocenters. The summed E-state index contributed by atoms with van der Waals surface area (Å²) in [5.41, 5.74) is 1.27. The van der Waals surface area contributed by atoms with Gasteiger partial charge in [0.15, 0.2) is 12.0 Å². The van der Waals surface area contributed by atoms with Crippen molar-refractivity contribution >= 4 is 17.9 Å². The Bertz CT molecular complexity index is 455. The molecule has 0 spiro atoms. The largest absolute Gasteiger partial charge is 0.372 e. The van der Waals surface area contributed by atoms with Crippen LogP contribution in [0.5, 0.6) is 5.75 Å². The highest BCUT2D eigenvalue weighted by Crippen LogP contribution is 2.25. The van der Waals surface area contributed by atoms with Crippen molar-refractivity contribution in [3.8, 4) is 5.75 Å². The first-order valence-electron chi connectivity index (χ1n) is 6.87. The lowest BCUT2D eigenvalue weighted by Crippen LogP contribution is -2.21. The number of hydrogen-bond donors (Lipinski definition) is 0. The maximum absolute atomic E-state index is 11.3. The van der Waals surface area contributed by atoms with Crippen molar-refractivity contribution in [2.75, 3.05) is 18.0 Å². The third-order valence-electron chi connectivity index (χ3n) is 2.93. The first-order chi connectivity index (χ1) is 9.65. The molecule has 0 heterocycles. The second-order valence-corrected chi connectivity index (χ2v) is 4.30. The Hall–Kier alpha value is -2.04. The Labute approximate surface area is 119 Å². The Morgan fingerprint density at radius 3 is 2.50 bits per heavy atom. The van der Waals surface area contributed by atoms with E-state index in [2.05, 4.69) is 4.90 Å². The van der Waals surface area contributed by atoms with E-state index in [9.17, 15) is 9.59 Å². The monoisotopic (exact) mass is 279 g/mol. The van der Waals surface area contributed by atoms with E-state index in [1.807, 2.05) is 26.8 Å². The molecule has 1 aromatic carbocycles. The third kappa shape index (κ3) is 4.26. The van der Waals surface area contributed by atoms with Gasteiger partial charge in [-0.05, 0) is 32.4 Å². The molecule has 0 N–H and O–H groups in total. The minimum atomic E-state index is -0.447. The first kappa shape index (κ1) is 16.0. The summed E-state index contributed by atoms with van der Waals surface area (Å²) in [5.74, 6) is -0.188. The summed E-state index contributed by atoms with van der Waals surface area (Å²) in [5, 5.41) is 0. The van der Waals surface area contributed by atoms with Crippen LogP contribution in [-0.4, -0.2) is 25.3 Å². The Kier molecular flexibility index (Phi) is 6.56. The normalized spacial score (nSPS) is 9.95. The molecule has 0 saturated carbocycles. The van der Waals surface area contributed by atoms with Gasteiger partial charge in [0.1, 0.15) is 0 Å². The van der Waals surface area contributed by atoms with E-state index >= 15 is 0 Å². The molecular weight excluding hydrogens is 258 g/mol. The van der Waals surface area contributed by atoms with E-state index in [1.54, 1.807) is 12.1 Å². The summed E-state index contributed by atoms with van der Waals surface area (Å²) in [4.78, 5) is 34.1. The third-order valence-corrected chi connectivity index (χ3v) is 2.93. The molecular formula is C15H21NO4. The van der Waals surface area contributed by atoms with Gasteiger partial charge in [0.25, 0.3) is 0 Å². The van der Waals surface area contributed by atoms with Crippen LogP contribution in [-0.2, 0) is 9.68 Å². The van der Waals surface area contributed by atoms with Crippen molar-refractivity contribution in [2.45, 2.75) is 33.6 Å². The van der Waals surface area contributed by atoms with Crippen LogP contribution in [0, 0.1) is 0 Å². The van der Waals surface area contributed by atoms with E-state index in [0.717, 1.165) is 18.8 Å². The highest BCUT2D eigenvalue weighted by atomic mass is 17.2. The highest BCUT2D eigenvalue weighted by Gasteiger charge is 2.11. The SMILES string of the molecule is CCCC(=O)OOc1cc(N(CC)CC)ccc1C=O. The number of hydrogen-bond acceptors (Lipinski definition) is 5. The Morgan fingerprint density at radius 2 is 1.95 bits per heavy atom. The predicted octanol–water partition coefficient (Wildman–Crippen LogP) is 2.98. The average molecular weight is 279 g/mol. The van der Waals surface area contributed by atoms with Crippen molar-refractivity contribution in [3.63, 3.8) is 0 Å². The van der Waals surface area contributed by atoms with Crippen molar-refractivity contribution in [1.82, 2.24) is 0 Å². The first-order valence-corrected chi connectivity index (χ1v) is 6.87. The van der Waals surface area contributed by atoms with Crippen LogP contribution in [0.3, 0.4) is 0 Å². The molecule has 0 aliphatic rings. The standard InChI is InChI=1S/C15H21NO4/c1-4-7-15(18)20-19-14-10-13(16(5-2)6-3)9-8-12(14)11-17/h8-11H,4-7H2,1-3H3. The Balaban J connectivity index is 2.88. The predicted molar refractivity (Wildman–Crippen MR) is 77.0 cm³/mol. The quantitative estimate of drug-likeness (QED) is 0.416. The lowest BCUT2D eigenvalue weighted by atomic mass is 10.2. The number of rotatable bonds is 8. The van der Waals surface area contributed by atoms with E-state index in [-0.39, 0.29) is 12.2 Å². The summed E-state index contributed by atoms with van der Waals surface area (Å²) in [7, 11) is 0. The van der Waals surface area contributed by atoms with Crippen LogP contribution in [0.15, 0.2) is 18.2 Å². The van der Waals surface area contributed by atoms with Gasteiger partial charge in [-0.1, -0.05) is 6.92 Å². The maximum Gasteiger partial charge on any atom is 0.355 e. The van der Waals surface area contributed by atoms with Crippen LogP contribution < -0.4 is 9.79 Å². The van der Waals surface area contributed by atoms with Gasteiger partial charge < -0.3 is 4.90 Å². The summed E-state index contributed by atoms with van der Waals surface area (Å²) in [6.07, 6.45) is 1.64. The molecule has 1 rings (SSSR count). The van der Waals surface area contributed by atoms with Crippen molar-refractivity contribution in [3.05, 3.63) is 23.8 Å². The number of carbonyl (C=O) groups excluding carboxylic acids is 2. The van der Waals surface area contributed by atoms with E-state index in [1.165, 1.54) is 0 Å². The molecule has 0 amide bonds. The second-order valence-electron chi connectivity index (χ2n) is 4.30. The molecule has 0 radical (unpaired) electrons. The van der Waals surface area contributed by atoms with Gasteiger partial charge in [0, 0.05) is 31.3 Å². The average Bonchev–Trinajstić information content (AvgIpc) is 2.47. The lowest BCUT2D eigenvalue weighted by molar-refractivity contribution is -0.213. The van der Waals surface area contributed by atoms with E-state index in [0.29, 0.717) is 18.3 Å². The molecule has 0 aliphatic heterocycles. The minimum absolute atomic E-state index is 0.258. The van der Waals surface area contributed by atoms with E-state index < -0.39 is 5.97 Å². The van der Waals surface area contributed by atoms with Crippen LogP contribution in [0.25, 0.3) is 0 Å². The van der Waals surface area contributed by atoms with Gasteiger partial charge >= 0.3 is 5.97 Å². The molecule has 0 aromatic heterocycles. The number of benzene rings is 1. The zero-order chi connectivity index (χ0) is 15.0. The van der Waals surface area contributed by atoms with Gasteiger partial charge in [0.2, 0.25) is 0 Å². The minimum Gasteiger partial charge on any atom is -0.372 e. The Morgan fingerprint density at radius 1 is 1.25 bits per heavy atom. The number of nitrogens with zero attached hydrogens (tertiary/aromatic N) is 1. The fourth-order valence-electron chi connectivity index (χ4n) is 1.82. The van der Waals surface area contributed by atoms with Gasteiger partial charge in [-0.25, -0.2) is 4.79 Å². The zero-order valence-electron chi connectivity index (χ0n) is 12.2. The maximum atomic E-state index is 11.3. The lowest BCUT2D eigenvalue weighted by Gasteiger charge is -2.21. The zero-order valence-corrected chi connectivity index (χ0v) is 12.2. The van der Waals surface area contributed by atoms with Crippen LogP contribution in [0.4, 0.5) is 5.69 Å². The molecule has 0 atom stereocenters. The molecule has 0 aliphatic carbocycles. The van der Waals surface area contributed by atoms with Crippen LogP contribution >= 0.6 is 0 Å². The summed E-state index contributed by atoms with van der Waals surface area (Å²) in [6.45, 7) is 7.63. The van der Waals surface area contributed by atoms with Crippen molar-refractivity contribution < 1.29 is 19.4 Å². The molecule has 0 fully saturated rings. The molecule has 0 bridgehead atoms. The fourth-order valence-corrected chi connectivity index (χ4v) is 1.82. The number of anilines is 1. The van der Waals surface area contributed by atoms with Gasteiger partial charge in [-0.15, -0.1) is 0 Å². The smallest absolute Gasteiger partial charge is 0.355 e. The summed E-state index contributed by atoms with van der Waals surface area (Å²) >= 11 is 0. The van der Waals surface area contributed by atoms with Gasteiger partial charge in [-0.3, -0.25) is 14.6 Å². The molecule has 110 valence electrons. The van der Waals surface area contributed by atoms with Gasteiger partial charge in [0.05, 0.1) is 5.56 Å². The second kappa shape index (κ2) is 8.19. The topological polar surface area (TPSA) is 55.8 Å². The van der Waals surface area contributed by atoms with Crippen molar-refractivity contribution in [2.24, 2.45) is 0 Å². The highest BCUT2D eigenvalue weighted by molar-refractivity contribution is 5.81. The number of carbonyl (C=O) groups is 2. The van der Waals surface area contributed by atoms with Crippen molar-refractivity contribution in [1.29, 1.82) is 0 Å². The van der Waals surface area contributed by atoms with Crippen LogP contribution in [0.2, 0.25) is 0 Å². The number of aldehydes is 1. The fraction of sp³-hybridized carbons (Fsp3) is 0.467. The van der Waals surface area contributed by atoms with Crippen LogP contribution in [0.1, 0.15) is 44.0 Å².